The fourth-order valence-corrected chi connectivity index (χ4v) is 4.10. The smallest absolute Gasteiger partial charge is 0.0669 e. The Hall–Kier alpha value is -1.05. The third kappa shape index (κ3) is 2.70. The molecule has 0 radical (unpaired) electrons. The van der Waals surface area contributed by atoms with E-state index >= 15 is 0 Å². The first-order valence-corrected chi connectivity index (χ1v) is 8.11. The summed E-state index contributed by atoms with van der Waals surface area (Å²) >= 11 is 3.68. The number of halogens is 1. The topological polar surface area (TPSA) is 30.3 Å². The number of anilines is 1. The molecule has 2 heterocycles. The maximum absolute atomic E-state index is 9.03. The minimum atomic E-state index is 0.246. The van der Waals surface area contributed by atoms with E-state index in [0.29, 0.717) is 6.04 Å². The molecule has 2 fully saturated rings. The first-order chi connectivity index (χ1) is 9.67. The van der Waals surface area contributed by atoms with Gasteiger partial charge in [-0.2, -0.15) is 5.26 Å². The monoisotopic (exact) mass is 333 g/mol. The predicted octanol–water partition coefficient (Wildman–Crippen LogP) is 3.18. The van der Waals surface area contributed by atoms with E-state index in [-0.39, 0.29) is 5.92 Å². The van der Waals surface area contributed by atoms with Crippen LogP contribution < -0.4 is 4.90 Å². The lowest BCUT2D eigenvalue weighted by Gasteiger charge is -2.25. The molecule has 4 heteroatoms. The van der Waals surface area contributed by atoms with Gasteiger partial charge in [-0.15, -0.1) is 0 Å². The van der Waals surface area contributed by atoms with Crippen molar-refractivity contribution in [2.24, 2.45) is 5.92 Å². The minimum Gasteiger partial charge on any atom is -0.369 e. The molecular formula is C16H20BrN3. The van der Waals surface area contributed by atoms with Gasteiger partial charge < -0.3 is 4.90 Å². The number of benzene rings is 1. The average molecular weight is 334 g/mol. The number of nitriles is 1. The highest BCUT2D eigenvalue weighted by Gasteiger charge is 2.33. The number of nitrogens with zero attached hydrogens (tertiary/aromatic N) is 3. The van der Waals surface area contributed by atoms with Crippen LogP contribution in [-0.2, 0) is 0 Å². The summed E-state index contributed by atoms with van der Waals surface area (Å²) in [6.45, 7) is 6.36. The number of aryl methyl sites for hydroxylation is 1. The van der Waals surface area contributed by atoms with Gasteiger partial charge in [0.25, 0.3) is 0 Å². The average Bonchev–Trinajstić information content (AvgIpc) is 3.07. The molecule has 106 valence electrons. The van der Waals surface area contributed by atoms with Crippen LogP contribution in [0.25, 0.3) is 0 Å². The maximum Gasteiger partial charge on any atom is 0.0669 e. The summed E-state index contributed by atoms with van der Waals surface area (Å²) in [6, 6.07) is 9.60. The molecule has 3 nitrogen and oxygen atoms in total. The van der Waals surface area contributed by atoms with Crippen LogP contribution in [-0.4, -0.2) is 37.1 Å². The first-order valence-electron chi connectivity index (χ1n) is 7.32. The van der Waals surface area contributed by atoms with Crippen LogP contribution in [0.5, 0.6) is 0 Å². The summed E-state index contributed by atoms with van der Waals surface area (Å²) in [6.07, 6.45) is 2.25. The van der Waals surface area contributed by atoms with Crippen molar-refractivity contribution >= 4 is 21.6 Å². The fourth-order valence-electron chi connectivity index (χ4n) is 3.35. The van der Waals surface area contributed by atoms with Gasteiger partial charge in [-0.1, -0.05) is 6.07 Å². The van der Waals surface area contributed by atoms with Crippen molar-refractivity contribution in [3.8, 4) is 6.07 Å². The third-order valence-electron chi connectivity index (χ3n) is 4.53. The highest BCUT2D eigenvalue weighted by Crippen LogP contribution is 2.32. The molecule has 2 aliphatic heterocycles. The van der Waals surface area contributed by atoms with E-state index < -0.39 is 0 Å². The normalized spacial score (nSPS) is 26.9. The van der Waals surface area contributed by atoms with Crippen LogP contribution >= 0.6 is 15.9 Å². The predicted molar refractivity (Wildman–Crippen MR) is 84.8 cm³/mol. The van der Waals surface area contributed by atoms with E-state index in [1.807, 2.05) is 0 Å². The van der Waals surface area contributed by atoms with Crippen molar-refractivity contribution in [2.75, 3.05) is 31.1 Å². The first kappa shape index (κ1) is 13.9. The van der Waals surface area contributed by atoms with Crippen LogP contribution in [0.1, 0.15) is 18.4 Å². The lowest BCUT2D eigenvalue weighted by atomic mass is 10.1. The van der Waals surface area contributed by atoms with E-state index in [4.69, 9.17) is 5.26 Å². The second-order valence-corrected chi connectivity index (χ2v) is 6.81. The number of likely N-dealkylation sites (tertiary alicyclic amines) is 1. The van der Waals surface area contributed by atoms with Gasteiger partial charge in [0.05, 0.1) is 17.7 Å². The lowest BCUT2D eigenvalue weighted by molar-refractivity contribution is 0.255. The summed E-state index contributed by atoms with van der Waals surface area (Å²) in [4.78, 5) is 4.98. The zero-order chi connectivity index (χ0) is 14.1. The van der Waals surface area contributed by atoms with Gasteiger partial charge >= 0.3 is 0 Å². The van der Waals surface area contributed by atoms with Gasteiger partial charge in [-0.3, -0.25) is 4.90 Å². The second-order valence-electron chi connectivity index (χ2n) is 5.95. The quantitative estimate of drug-likeness (QED) is 0.832. The largest absolute Gasteiger partial charge is 0.369 e. The van der Waals surface area contributed by atoms with E-state index in [0.717, 1.165) is 32.6 Å². The van der Waals surface area contributed by atoms with Crippen LogP contribution in [0.15, 0.2) is 22.7 Å². The molecule has 2 atom stereocenters. The number of hydrogen-bond donors (Lipinski definition) is 0. The van der Waals surface area contributed by atoms with Crippen LogP contribution in [0.4, 0.5) is 5.69 Å². The van der Waals surface area contributed by atoms with Crippen LogP contribution in [0, 0.1) is 24.2 Å². The van der Waals surface area contributed by atoms with Gasteiger partial charge in [0.15, 0.2) is 0 Å². The highest BCUT2D eigenvalue weighted by molar-refractivity contribution is 9.10. The molecule has 0 N–H and O–H groups in total. The molecule has 20 heavy (non-hydrogen) atoms. The fraction of sp³-hybridized carbons (Fsp3) is 0.562. The molecule has 0 aliphatic carbocycles. The zero-order valence-corrected chi connectivity index (χ0v) is 13.4. The van der Waals surface area contributed by atoms with Crippen molar-refractivity contribution in [2.45, 2.75) is 25.8 Å². The van der Waals surface area contributed by atoms with Crippen LogP contribution in [0.2, 0.25) is 0 Å². The van der Waals surface area contributed by atoms with Gasteiger partial charge in [-0.25, -0.2) is 0 Å². The summed E-state index contributed by atoms with van der Waals surface area (Å²) in [5.74, 6) is 0.246. The summed E-state index contributed by atoms with van der Waals surface area (Å²) in [5.41, 5.74) is 2.59. The van der Waals surface area contributed by atoms with Crippen molar-refractivity contribution < 1.29 is 0 Å². The Morgan fingerprint density at radius 1 is 1.25 bits per heavy atom. The van der Waals surface area contributed by atoms with E-state index in [1.165, 1.54) is 22.1 Å². The van der Waals surface area contributed by atoms with Gasteiger partial charge in [0.1, 0.15) is 0 Å². The highest BCUT2D eigenvalue weighted by atomic mass is 79.9. The molecule has 2 saturated heterocycles. The molecule has 0 amide bonds. The molecule has 3 rings (SSSR count). The van der Waals surface area contributed by atoms with Gasteiger partial charge in [-0.05, 0) is 59.9 Å². The number of rotatable bonds is 2. The van der Waals surface area contributed by atoms with Gasteiger partial charge in [0.2, 0.25) is 0 Å². The van der Waals surface area contributed by atoms with E-state index in [2.05, 4.69) is 56.9 Å². The Kier molecular flexibility index (Phi) is 4.00. The standard InChI is InChI=1S/C16H20BrN3/c1-12-2-3-16(15(17)8-12)20-7-5-14(11-20)19-6-4-13(9-18)10-19/h2-3,8,13-14H,4-7,10-11H2,1H3. The number of hydrogen-bond acceptors (Lipinski definition) is 3. The molecule has 0 spiro atoms. The molecule has 0 saturated carbocycles. The SMILES string of the molecule is Cc1ccc(N2CCC(N3CCC(C#N)C3)C2)c(Br)c1. The Morgan fingerprint density at radius 2 is 2.10 bits per heavy atom. The maximum atomic E-state index is 9.03. The molecule has 1 aromatic rings. The van der Waals surface area contributed by atoms with Crippen molar-refractivity contribution in [1.82, 2.24) is 4.90 Å². The van der Waals surface area contributed by atoms with E-state index in [9.17, 15) is 0 Å². The van der Waals surface area contributed by atoms with E-state index in [1.54, 1.807) is 0 Å². The summed E-state index contributed by atoms with van der Waals surface area (Å²) in [5, 5.41) is 9.03. The third-order valence-corrected chi connectivity index (χ3v) is 5.16. The zero-order valence-electron chi connectivity index (χ0n) is 11.8. The molecule has 0 aromatic heterocycles. The van der Waals surface area contributed by atoms with Crippen molar-refractivity contribution in [3.05, 3.63) is 28.2 Å². The Bertz CT molecular complexity index is 537. The summed E-state index contributed by atoms with van der Waals surface area (Å²) in [7, 11) is 0. The molecule has 2 unspecified atom stereocenters. The Balaban J connectivity index is 1.66. The van der Waals surface area contributed by atoms with Gasteiger partial charge in [0, 0.05) is 30.1 Å². The summed E-state index contributed by atoms with van der Waals surface area (Å²) < 4.78 is 1.19. The lowest BCUT2D eigenvalue weighted by Crippen LogP contribution is -2.36. The Labute approximate surface area is 129 Å². The molecule has 2 aliphatic rings. The van der Waals surface area contributed by atoms with Crippen molar-refractivity contribution in [3.63, 3.8) is 0 Å². The Morgan fingerprint density at radius 3 is 2.80 bits per heavy atom. The minimum absolute atomic E-state index is 0.246. The van der Waals surface area contributed by atoms with Crippen LogP contribution in [0.3, 0.4) is 0 Å². The molecule has 1 aromatic carbocycles. The molecular weight excluding hydrogens is 314 g/mol. The molecule has 0 bridgehead atoms. The van der Waals surface area contributed by atoms with Crippen molar-refractivity contribution in [1.29, 1.82) is 5.26 Å². The second kappa shape index (κ2) is 5.75.